The molecule has 4 rings (SSSR count). The maximum Gasteiger partial charge on any atom is 0.339 e. The minimum atomic E-state index is -1.03. The molecule has 0 bridgehead atoms. The number of hydrogen-bond donors (Lipinski definition) is 2. The van der Waals surface area contributed by atoms with Gasteiger partial charge in [-0.3, -0.25) is 4.79 Å². The molecule has 2 aliphatic heterocycles. The number of anilines is 2. The highest BCUT2D eigenvalue weighted by Gasteiger charge is 2.28. The molecule has 2 aliphatic rings. The number of carboxylic acids is 1. The smallest absolute Gasteiger partial charge is 0.339 e. The van der Waals surface area contributed by atoms with Gasteiger partial charge in [0.2, 0.25) is 0 Å². The molecule has 0 radical (unpaired) electrons. The SMILES string of the molecule is O=C(Nc1cnc(N2CCC(N3CCCCC3)CC2)c(C(=O)O)c1)c1cccs1. The predicted octanol–water partition coefficient (Wildman–Crippen LogP) is 3.55. The molecule has 7 nitrogen and oxygen atoms in total. The van der Waals surface area contributed by atoms with Crippen LogP contribution in [0.25, 0.3) is 0 Å². The highest BCUT2D eigenvalue weighted by Crippen LogP contribution is 2.27. The molecule has 0 atom stereocenters. The molecule has 29 heavy (non-hydrogen) atoms. The van der Waals surface area contributed by atoms with Crippen LogP contribution in [-0.2, 0) is 0 Å². The first-order chi connectivity index (χ1) is 14.1. The Balaban J connectivity index is 1.44. The average molecular weight is 415 g/mol. The summed E-state index contributed by atoms with van der Waals surface area (Å²) in [6.07, 6.45) is 7.49. The normalized spacial score (nSPS) is 18.6. The number of aromatic nitrogens is 1. The number of thiophene rings is 1. The van der Waals surface area contributed by atoms with E-state index in [1.54, 1.807) is 18.3 Å². The zero-order chi connectivity index (χ0) is 20.2. The van der Waals surface area contributed by atoms with Crippen LogP contribution in [-0.4, -0.2) is 59.1 Å². The molecule has 0 saturated carbocycles. The van der Waals surface area contributed by atoms with E-state index in [1.807, 2.05) is 5.38 Å². The van der Waals surface area contributed by atoms with Crippen LogP contribution in [0.4, 0.5) is 11.5 Å². The van der Waals surface area contributed by atoms with Crippen molar-refractivity contribution >= 4 is 34.7 Å². The summed E-state index contributed by atoms with van der Waals surface area (Å²) in [6.45, 7) is 3.97. The number of amides is 1. The van der Waals surface area contributed by atoms with Gasteiger partial charge in [-0.2, -0.15) is 0 Å². The molecule has 4 heterocycles. The summed E-state index contributed by atoms with van der Waals surface area (Å²) in [5.74, 6) is -0.796. The second-order valence-corrected chi connectivity index (χ2v) is 8.59. The van der Waals surface area contributed by atoms with E-state index in [0.29, 0.717) is 22.4 Å². The molecule has 2 aromatic heterocycles. The fraction of sp³-hybridized carbons (Fsp3) is 0.476. The molecule has 0 aromatic carbocycles. The van der Waals surface area contributed by atoms with Crippen molar-refractivity contribution < 1.29 is 14.7 Å². The number of nitrogens with zero attached hydrogens (tertiary/aromatic N) is 3. The van der Waals surface area contributed by atoms with E-state index in [2.05, 4.69) is 20.1 Å². The van der Waals surface area contributed by atoms with Gasteiger partial charge in [0.15, 0.2) is 0 Å². The number of carbonyl (C=O) groups excluding carboxylic acids is 1. The largest absolute Gasteiger partial charge is 0.478 e. The van der Waals surface area contributed by atoms with E-state index in [4.69, 9.17) is 0 Å². The van der Waals surface area contributed by atoms with Gasteiger partial charge in [-0.1, -0.05) is 12.5 Å². The molecule has 1 amide bonds. The van der Waals surface area contributed by atoms with E-state index < -0.39 is 5.97 Å². The number of carbonyl (C=O) groups is 2. The van der Waals surface area contributed by atoms with Gasteiger partial charge in [-0.05, 0) is 56.3 Å². The van der Waals surface area contributed by atoms with E-state index in [9.17, 15) is 14.7 Å². The Hall–Kier alpha value is -2.45. The molecule has 0 spiro atoms. The maximum absolute atomic E-state index is 12.2. The van der Waals surface area contributed by atoms with Crippen LogP contribution in [0, 0.1) is 0 Å². The van der Waals surface area contributed by atoms with Crippen molar-refractivity contribution in [3.8, 4) is 0 Å². The number of carboxylic acid groups (broad SMARTS) is 1. The van der Waals surface area contributed by atoms with Gasteiger partial charge in [-0.25, -0.2) is 9.78 Å². The van der Waals surface area contributed by atoms with Crippen molar-refractivity contribution in [2.75, 3.05) is 36.4 Å². The number of piperidine rings is 2. The number of rotatable bonds is 5. The van der Waals surface area contributed by atoms with Crippen LogP contribution in [0.2, 0.25) is 0 Å². The molecule has 8 heteroatoms. The van der Waals surface area contributed by atoms with Gasteiger partial charge < -0.3 is 20.2 Å². The van der Waals surface area contributed by atoms with Crippen LogP contribution in [0.15, 0.2) is 29.8 Å². The Morgan fingerprint density at radius 2 is 1.90 bits per heavy atom. The quantitative estimate of drug-likeness (QED) is 0.778. The minimum Gasteiger partial charge on any atom is -0.478 e. The predicted molar refractivity (Wildman–Crippen MR) is 114 cm³/mol. The fourth-order valence-corrected chi connectivity index (χ4v) is 4.88. The third kappa shape index (κ3) is 4.59. The maximum atomic E-state index is 12.2. The number of likely N-dealkylation sites (tertiary alicyclic amines) is 1. The second-order valence-electron chi connectivity index (χ2n) is 7.65. The minimum absolute atomic E-state index is 0.130. The van der Waals surface area contributed by atoms with E-state index in [1.165, 1.54) is 49.8 Å². The van der Waals surface area contributed by atoms with Crippen molar-refractivity contribution in [2.24, 2.45) is 0 Å². The number of pyridine rings is 1. The molecule has 2 aromatic rings. The summed E-state index contributed by atoms with van der Waals surface area (Å²) in [5, 5.41) is 14.3. The lowest BCUT2D eigenvalue weighted by molar-refractivity contribution is 0.0696. The van der Waals surface area contributed by atoms with Crippen LogP contribution < -0.4 is 10.2 Å². The second kappa shape index (κ2) is 8.92. The van der Waals surface area contributed by atoms with Crippen molar-refractivity contribution in [3.63, 3.8) is 0 Å². The molecule has 2 fully saturated rings. The summed E-state index contributed by atoms with van der Waals surface area (Å²) >= 11 is 1.34. The van der Waals surface area contributed by atoms with Crippen molar-refractivity contribution in [2.45, 2.75) is 38.1 Å². The van der Waals surface area contributed by atoms with Crippen LogP contribution >= 0.6 is 11.3 Å². The molecule has 2 N–H and O–H groups in total. The first kappa shape index (κ1) is 19.8. The van der Waals surface area contributed by atoms with Gasteiger partial charge in [0.1, 0.15) is 11.4 Å². The zero-order valence-electron chi connectivity index (χ0n) is 16.3. The molecule has 2 saturated heterocycles. The van der Waals surface area contributed by atoms with Crippen LogP contribution in [0.1, 0.15) is 52.1 Å². The summed E-state index contributed by atoms with van der Waals surface area (Å²) in [7, 11) is 0. The van der Waals surface area contributed by atoms with Crippen molar-refractivity contribution in [1.29, 1.82) is 0 Å². The van der Waals surface area contributed by atoms with Gasteiger partial charge >= 0.3 is 5.97 Å². The highest BCUT2D eigenvalue weighted by atomic mass is 32.1. The number of hydrogen-bond acceptors (Lipinski definition) is 6. The third-order valence-corrected chi connectivity index (χ3v) is 6.64. The van der Waals surface area contributed by atoms with Gasteiger partial charge in [0.05, 0.1) is 16.8 Å². The van der Waals surface area contributed by atoms with Gasteiger partial charge in [0, 0.05) is 19.1 Å². The first-order valence-corrected chi connectivity index (χ1v) is 11.1. The molecule has 0 aliphatic carbocycles. The lowest BCUT2D eigenvalue weighted by Crippen LogP contribution is -2.47. The van der Waals surface area contributed by atoms with Crippen LogP contribution in [0.5, 0.6) is 0 Å². The Kier molecular flexibility index (Phi) is 6.10. The van der Waals surface area contributed by atoms with Gasteiger partial charge in [0.25, 0.3) is 5.91 Å². The Morgan fingerprint density at radius 3 is 2.55 bits per heavy atom. The average Bonchev–Trinajstić information content (AvgIpc) is 3.30. The Bertz CT molecular complexity index is 857. The van der Waals surface area contributed by atoms with E-state index >= 15 is 0 Å². The summed E-state index contributed by atoms with van der Waals surface area (Å²) in [5.41, 5.74) is 0.526. The van der Waals surface area contributed by atoms with Gasteiger partial charge in [-0.15, -0.1) is 11.3 Å². The lowest BCUT2D eigenvalue weighted by Gasteiger charge is -2.40. The third-order valence-electron chi connectivity index (χ3n) is 5.77. The number of aromatic carboxylic acids is 1. The molecular weight excluding hydrogens is 388 g/mol. The number of nitrogens with one attached hydrogen (secondary N) is 1. The zero-order valence-corrected chi connectivity index (χ0v) is 17.2. The monoisotopic (exact) mass is 414 g/mol. The summed E-state index contributed by atoms with van der Waals surface area (Å²) < 4.78 is 0. The first-order valence-electron chi connectivity index (χ1n) is 10.2. The van der Waals surface area contributed by atoms with E-state index in [-0.39, 0.29) is 11.5 Å². The summed E-state index contributed by atoms with van der Waals surface area (Å²) in [6, 6.07) is 5.63. The highest BCUT2D eigenvalue weighted by molar-refractivity contribution is 7.12. The van der Waals surface area contributed by atoms with Crippen molar-refractivity contribution in [1.82, 2.24) is 9.88 Å². The topological polar surface area (TPSA) is 85.8 Å². The molecule has 0 unspecified atom stereocenters. The van der Waals surface area contributed by atoms with E-state index in [0.717, 1.165) is 25.9 Å². The van der Waals surface area contributed by atoms with Crippen LogP contribution in [0.3, 0.4) is 0 Å². The Morgan fingerprint density at radius 1 is 1.14 bits per heavy atom. The standard InChI is InChI=1S/C21H26N4O3S/c26-20(18-5-4-12-29-18)23-15-13-17(21(27)28)19(22-14-15)25-10-6-16(7-11-25)24-8-2-1-3-9-24/h4-5,12-14,16H,1-3,6-11H2,(H,23,26)(H,27,28). The molecule has 154 valence electrons. The fourth-order valence-electron chi connectivity index (χ4n) is 4.26. The van der Waals surface area contributed by atoms with Crippen molar-refractivity contribution in [3.05, 3.63) is 40.2 Å². The molecular formula is C21H26N4O3S. The summed E-state index contributed by atoms with van der Waals surface area (Å²) in [4.78, 5) is 33.7. The Labute approximate surface area is 174 Å². The lowest BCUT2D eigenvalue weighted by atomic mass is 9.99.